The molecule has 1 saturated heterocycles. The standard InChI is InChI=1S/C28H33N3O/c1-28(2)17-26(32)31-14-10-21-15-19(16-24(28)27(21)31)7-11-30-12-8-20(9-13-30)23-18-29-25-6-4-3-5-22(23)25/h3-6,15-16,18,20,29H,7-14,17H2,1-2H3. The van der Waals surface area contributed by atoms with Gasteiger partial charge in [0.1, 0.15) is 0 Å². The fourth-order valence-electron chi connectivity index (χ4n) is 6.28. The van der Waals surface area contributed by atoms with Crippen molar-refractivity contribution in [1.29, 1.82) is 0 Å². The summed E-state index contributed by atoms with van der Waals surface area (Å²) in [6.45, 7) is 8.81. The Morgan fingerprint density at radius 3 is 2.75 bits per heavy atom. The Morgan fingerprint density at radius 1 is 1.09 bits per heavy atom. The quantitative estimate of drug-likeness (QED) is 0.625. The van der Waals surface area contributed by atoms with E-state index in [2.05, 4.69) is 66.3 Å². The van der Waals surface area contributed by atoms with E-state index < -0.39 is 0 Å². The van der Waals surface area contributed by atoms with E-state index in [0.29, 0.717) is 18.2 Å². The first-order valence-electron chi connectivity index (χ1n) is 12.2. The van der Waals surface area contributed by atoms with Crippen LogP contribution in [0.1, 0.15) is 61.3 Å². The minimum absolute atomic E-state index is 0.0598. The zero-order chi connectivity index (χ0) is 21.9. The number of aromatic amines is 1. The summed E-state index contributed by atoms with van der Waals surface area (Å²) in [5.74, 6) is 0.961. The molecule has 1 amide bonds. The van der Waals surface area contributed by atoms with Gasteiger partial charge in [-0.05, 0) is 73.0 Å². The molecule has 1 N–H and O–H groups in total. The van der Waals surface area contributed by atoms with Gasteiger partial charge in [0.25, 0.3) is 0 Å². The van der Waals surface area contributed by atoms with E-state index in [1.165, 1.54) is 64.8 Å². The third kappa shape index (κ3) is 3.27. The second-order valence-electron chi connectivity index (χ2n) is 10.7. The number of H-pyrrole nitrogens is 1. The number of rotatable bonds is 4. The lowest BCUT2D eigenvalue weighted by Crippen LogP contribution is -2.40. The van der Waals surface area contributed by atoms with Crippen molar-refractivity contribution in [2.24, 2.45) is 0 Å². The van der Waals surface area contributed by atoms with Crippen molar-refractivity contribution in [2.45, 2.75) is 57.3 Å². The van der Waals surface area contributed by atoms with Gasteiger partial charge in [-0.2, -0.15) is 0 Å². The van der Waals surface area contributed by atoms with Crippen molar-refractivity contribution >= 4 is 22.5 Å². The van der Waals surface area contributed by atoms with E-state index in [4.69, 9.17) is 0 Å². The van der Waals surface area contributed by atoms with Gasteiger partial charge in [-0.25, -0.2) is 0 Å². The molecule has 4 heterocycles. The van der Waals surface area contributed by atoms with Crippen LogP contribution in [0.2, 0.25) is 0 Å². The second-order valence-corrected chi connectivity index (χ2v) is 10.7. The molecule has 0 unspecified atom stereocenters. The smallest absolute Gasteiger partial charge is 0.227 e. The topological polar surface area (TPSA) is 39.3 Å². The summed E-state index contributed by atoms with van der Waals surface area (Å²) >= 11 is 0. The highest BCUT2D eigenvalue weighted by Gasteiger charge is 2.40. The number of piperidine rings is 1. The number of nitrogens with zero attached hydrogens (tertiary/aromatic N) is 2. The van der Waals surface area contributed by atoms with Gasteiger partial charge < -0.3 is 14.8 Å². The molecule has 0 aliphatic carbocycles. The van der Waals surface area contributed by atoms with E-state index >= 15 is 0 Å². The number of hydrogen-bond acceptors (Lipinski definition) is 2. The fraction of sp³-hybridized carbons (Fsp3) is 0.464. The van der Waals surface area contributed by atoms with Crippen LogP contribution in [-0.2, 0) is 23.1 Å². The summed E-state index contributed by atoms with van der Waals surface area (Å²) in [5.41, 5.74) is 8.15. The van der Waals surface area contributed by atoms with Gasteiger partial charge >= 0.3 is 0 Å². The Hall–Kier alpha value is -2.59. The van der Waals surface area contributed by atoms with Crippen molar-refractivity contribution in [1.82, 2.24) is 9.88 Å². The molecule has 4 nitrogen and oxygen atoms in total. The van der Waals surface area contributed by atoms with Crippen molar-refractivity contribution in [2.75, 3.05) is 31.1 Å². The molecule has 0 atom stereocenters. The maximum absolute atomic E-state index is 12.6. The molecule has 2 aromatic carbocycles. The Labute approximate surface area is 190 Å². The van der Waals surface area contributed by atoms with Crippen LogP contribution in [0.3, 0.4) is 0 Å². The number of hydrogen-bond donors (Lipinski definition) is 1. The SMILES string of the molecule is CC1(C)CC(=O)N2CCc3cc(CCN4CCC(c5c[nH]c6ccccc56)CC4)cc1c32. The number of aromatic nitrogens is 1. The largest absolute Gasteiger partial charge is 0.361 e. The molecule has 1 aromatic heterocycles. The minimum atomic E-state index is -0.0598. The zero-order valence-corrected chi connectivity index (χ0v) is 19.3. The molecule has 0 radical (unpaired) electrons. The number of para-hydroxylation sites is 1. The molecule has 0 saturated carbocycles. The van der Waals surface area contributed by atoms with Crippen LogP contribution in [0.15, 0.2) is 42.6 Å². The number of fused-ring (bicyclic) bond motifs is 1. The van der Waals surface area contributed by atoms with Crippen molar-refractivity contribution in [3.63, 3.8) is 0 Å². The van der Waals surface area contributed by atoms with E-state index in [-0.39, 0.29) is 5.41 Å². The molecule has 3 aliphatic rings. The predicted octanol–water partition coefficient (Wildman–Crippen LogP) is 5.16. The van der Waals surface area contributed by atoms with Crippen molar-refractivity contribution < 1.29 is 4.79 Å². The van der Waals surface area contributed by atoms with Gasteiger partial charge in [-0.3, -0.25) is 4.79 Å². The lowest BCUT2D eigenvalue weighted by atomic mass is 9.76. The van der Waals surface area contributed by atoms with Gasteiger partial charge in [0, 0.05) is 42.0 Å². The molecule has 4 heteroatoms. The summed E-state index contributed by atoms with van der Waals surface area (Å²) in [6.07, 6.45) is 7.44. The molecular formula is C28H33N3O. The zero-order valence-electron chi connectivity index (χ0n) is 19.3. The summed E-state index contributed by atoms with van der Waals surface area (Å²) in [4.78, 5) is 20.7. The Morgan fingerprint density at radius 2 is 1.91 bits per heavy atom. The summed E-state index contributed by atoms with van der Waals surface area (Å²) in [7, 11) is 0. The molecule has 1 fully saturated rings. The molecule has 166 valence electrons. The van der Waals surface area contributed by atoms with Gasteiger partial charge in [0.15, 0.2) is 0 Å². The normalized spacial score (nSPS) is 20.8. The van der Waals surface area contributed by atoms with Crippen LogP contribution in [0.4, 0.5) is 5.69 Å². The molecule has 0 bridgehead atoms. The van der Waals surface area contributed by atoms with E-state index in [0.717, 1.165) is 25.9 Å². The summed E-state index contributed by atoms with van der Waals surface area (Å²) in [5, 5.41) is 1.40. The van der Waals surface area contributed by atoms with Gasteiger partial charge in [0.2, 0.25) is 5.91 Å². The molecule has 6 rings (SSSR count). The Balaban J connectivity index is 1.13. The van der Waals surface area contributed by atoms with E-state index in [1.54, 1.807) is 0 Å². The Kier molecular flexibility index (Phi) is 4.69. The van der Waals surface area contributed by atoms with Gasteiger partial charge in [0.05, 0.1) is 5.69 Å². The predicted molar refractivity (Wildman–Crippen MR) is 131 cm³/mol. The highest BCUT2D eigenvalue weighted by atomic mass is 16.2. The number of likely N-dealkylation sites (tertiary alicyclic amines) is 1. The molecule has 3 aromatic rings. The average Bonchev–Trinajstić information content (AvgIpc) is 3.41. The number of amides is 1. The Bertz CT molecular complexity index is 1180. The van der Waals surface area contributed by atoms with Crippen molar-refractivity contribution in [3.05, 3.63) is 64.8 Å². The lowest BCUT2D eigenvalue weighted by Gasteiger charge is -2.37. The van der Waals surface area contributed by atoms with Gasteiger partial charge in [-0.15, -0.1) is 0 Å². The van der Waals surface area contributed by atoms with Crippen LogP contribution < -0.4 is 4.90 Å². The molecule has 32 heavy (non-hydrogen) atoms. The lowest BCUT2D eigenvalue weighted by molar-refractivity contribution is -0.120. The number of anilines is 1. The number of benzene rings is 2. The summed E-state index contributed by atoms with van der Waals surface area (Å²) < 4.78 is 0. The maximum atomic E-state index is 12.6. The van der Waals surface area contributed by atoms with Crippen LogP contribution in [0, 0.1) is 0 Å². The molecule has 3 aliphatic heterocycles. The number of carbonyl (C=O) groups is 1. The minimum Gasteiger partial charge on any atom is -0.361 e. The first kappa shape index (κ1) is 20.0. The first-order chi connectivity index (χ1) is 15.5. The van der Waals surface area contributed by atoms with E-state index in [9.17, 15) is 4.79 Å². The molecule has 0 spiro atoms. The number of carbonyl (C=O) groups excluding carboxylic acids is 1. The van der Waals surface area contributed by atoms with Crippen molar-refractivity contribution in [3.8, 4) is 0 Å². The van der Waals surface area contributed by atoms with Crippen LogP contribution in [-0.4, -0.2) is 42.0 Å². The molecular weight excluding hydrogens is 394 g/mol. The highest BCUT2D eigenvalue weighted by molar-refractivity contribution is 6.00. The average molecular weight is 428 g/mol. The van der Waals surface area contributed by atoms with Crippen LogP contribution in [0.25, 0.3) is 10.9 Å². The monoisotopic (exact) mass is 427 g/mol. The third-order valence-electron chi connectivity index (χ3n) is 8.11. The van der Waals surface area contributed by atoms with Crippen LogP contribution >= 0.6 is 0 Å². The maximum Gasteiger partial charge on any atom is 0.227 e. The highest BCUT2D eigenvalue weighted by Crippen LogP contribution is 2.45. The fourth-order valence-corrected chi connectivity index (χ4v) is 6.28. The second kappa shape index (κ2) is 7.48. The van der Waals surface area contributed by atoms with Crippen LogP contribution in [0.5, 0.6) is 0 Å². The number of nitrogens with one attached hydrogen (secondary N) is 1. The first-order valence-corrected chi connectivity index (χ1v) is 12.2. The van der Waals surface area contributed by atoms with E-state index in [1.807, 2.05) is 4.90 Å². The van der Waals surface area contributed by atoms with Gasteiger partial charge in [-0.1, -0.05) is 44.2 Å². The third-order valence-corrected chi connectivity index (χ3v) is 8.11. The summed E-state index contributed by atoms with van der Waals surface area (Å²) in [6, 6.07) is 13.5.